The lowest BCUT2D eigenvalue weighted by atomic mass is 10.1. The summed E-state index contributed by atoms with van der Waals surface area (Å²) in [5.41, 5.74) is 0.417. The lowest BCUT2D eigenvalue weighted by molar-refractivity contribution is 0.361. The molecular formula is C14H17N5O2S. The van der Waals surface area contributed by atoms with Crippen LogP contribution in [0.25, 0.3) is 0 Å². The van der Waals surface area contributed by atoms with Gasteiger partial charge in [-0.3, -0.25) is 0 Å². The molecule has 22 heavy (non-hydrogen) atoms. The van der Waals surface area contributed by atoms with Gasteiger partial charge in [-0.1, -0.05) is 13.8 Å². The van der Waals surface area contributed by atoms with Crippen molar-refractivity contribution < 1.29 is 8.42 Å². The fraction of sp³-hybridized carbons (Fsp3) is 0.357. The molecular weight excluding hydrogens is 302 g/mol. The minimum absolute atomic E-state index is 0.0687. The van der Waals surface area contributed by atoms with Gasteiger partial charge in [0.2, 0.25) is 10.0 Å². The van der Waals surface area contributed by atoms with E-state index in [9.17, 15) is 8.42 Å². The maximum Gasteiger partial charge on any atom is 0.240 e. The van der Waals surface area contributed by atoms with Gasteiger partial charge in [0.25, 0.3) is 0 Å². The van der Waals surface area contributed by atoms with E-state index in [1.165, 1.54) is 29.1 Å². The quantitative estimate of drug-likeness (QED) is 0.861. The molecule has 7 nitrogen and oxygen atoms in total. The molecule has 2 aromatic rings. The van der Waals surface area contributed by atoms with E-state index >= 15 is 0 Å². The minimum Gasteiger partial charge on any atom is -0.207 e. The summed E-state index contributed by atoms with van der Waals surface area (Å²) in [5, 5.41) is 16.8. The summed E-state index contributed by atoms with van der Waals surface area (Å²) in [5.74, 6) is 0.0687. The molecule has 1 aromatic heterocycles. The summed E-state index contributed by atoms with van der Waals surface area (Å²) >= 11 is 0. The Morgan fingerprint density at radius 2 is 1.82 bits per heavy atom. The van der Waals surface area contributed by atoms with Gasteiger partial charge < -0.3 is 0 Å². The standard InChI is InChI=1S/C14H17N5O2S/c1-11(2)14(10-19-16-7-8-17-19)18-22(20,21)13-5-3-12(9-15)4-6-13/h3-8,11,14,18H,10H2,1-2H3. The molecule has 1 N–H and O–H groups in total. The first-order chi connectivity index (χ1) is 10.4. The Morgan fingerprint density at radius 1 is 1.23 bits per heavy atom. The number of sulfonamides is 1. The molecule has 0 amide bonds. The van der Waals surface area contributed by atoms with Crippen LogP contribution in [0.2, 0.25) is 0 Å². The summed E-state index contributed by atoms with van der Waals surface area (Å²) in [6.45, 7) is 4.20. The van der Waals surface area contributed by atoms with Gasteiger partial charge in [0.05, 0.1) is 35.5 Å². The molecule has 0 aliphatic carbocycles. The van der Waals surface area contributed by atoms with Crippen LogP contribution in [-0.2, 0) is 16.6 Å². The maximum absolute atomic E-state index is 12.4. The first kappa shape index (κ1) is 16.1. The zero-order valence-electron chi connectivity index (χ0n) is 12.3. The zero-order chi connectivity index (χ0) is 16.2. The molecule has 1 unspecified atom stereocenters. The molecule has 0 fully saturated rings. The number of hydrogen-bond donors (Lipinski definition) is 1. The number of benzene rings is 1. The van der Waals surface area contributed by atoms with Gasteiger partial charge in [-0.15, -0.1) is 0 Å². The molecule has 0 saturated heterocycles. The van der Waals surface area contributed by atoms with E-state index < -0.39 is 10.0 Å². The van der Waals surface area contributed by atoms with Crippen molar-refractivity contribution in [3.05, 3.63) is 42.2 Å². The summed E-state index contributed by atoms with van der Waals surface area (Å²) in [6, 6.07) is 7.42. The van der Waals surface area contributed by atoms with Gasteiger partial charge in [-0.25, -0.2) is 13.1 Å². The van der Waals surface area contributed by atoms with Crippen molar-refractivity contribution in [2.75, 3.05) is 0 Å². The number of aromatic nitrogens is 3. The number of nitrogens with one attached hydrogen (secondary N) is 1. The Kier molecular flexibility index (Phi) is 4.90. The Bertz CT molecular complexity index is 746. The van der Waals surface area contributed by atoms with E-state index in [1.54, 1.807) is 12.4 Å². The molecule has 1 heterocycles. The highest BCUT2D eigenvalue weighted by Crippen LogP contribution is 2.13. The summed E-state index contributed by atoms with van der Waals surface area (Å²) in [4.78, 5) is 1.58. The SMILES string of the molecule is CC(C)C(Cn1nccn1)NS(=O)(=O)c1ccc(C#N)cc1. The molecule has 0 saturated carbocycles. The third-order valence-electron chi connectivity index (χ3n) is 3.23. The number of nitrogens with zero attached hydrogens (tertiary/aromatic N) is 4. The van der Waals surface area contributed by atoms with Crippen molar-refractivity contribution in [1.82, 2.24) is 19.7 Å². The molecule has 1 atom stereocenters. The summed E-state index contributed by atoms with van der Waals surface area (Å²) in [7, 11) is -3.66. The van der Waals surface area contributed by atoms with E-state index in [2.05, 4.69) is 14.9 Å². The smallest absolute Gasteiger partial charge is 0.207 e. The van der Waals surface area contributed by atoms with E-state index in [4.69, 9.17) is 5.26 Å². The van der Waals surface area contributed by atoms with Crippen LogP contribution in [-0.4, -0.2) is 29.5 Å². The number of rotatable bonds is 6. The zero-order valence-corrected chi connectivity index (χ0v) is 13.2. The largest absolute Gasteiger partial charge is 0.240 e. The Hall–Kier alpha value is -2.24. The van der Waals surface area contributed by atoms with E-state index in [1.807, 2.05) is 19.9 Å². The predicted molar refractivity (Wildman–Crippen MR) is 80.1 cm³/mol. The molecule has 0 spiro atoms. The van der Waals surface area contributed by atoms with Crippen LogP contribution < -0.4 is 4.72 Å². The Labute approximate surface area is 129 Å². The van der Waals surface area contributed by atoms with Gasteiger partial charge in [0, 0.05) is 6.04 Å². The van der Waals surface area contributed by atoms with E-state index in [-0.39, 0.29) is 16.9 Å². The molecule has 0 bridgehead atoms. The molecule has 116 valence electrons. The maximum atomic E-state index is 12.4. The van der Waals surface area contributed by atoms with Crippen molar-refractivity contribution in [1.29, 1.82) is 5.26 Å². The first-order valence-electron chi connectivity index (χ1n) is 6.79. The monoisotopic (exact) mass is 319 g/mol. The van der Waals surface area contributed by atoms with Gasteiger partial charge in [0.15, 0.2) is 0 Å². The molecule has 0 aliphatic heterocycles. The first-order valence-corrected chi connectivity index (χ1v) is 8.27. The highest BCUT2D eigenvalue weighted by atomic mass is 32.2. The second-order valence-corrected chi connectivity index (χ2v) is 6.91. The van der Waals surface area contributed by atoms with Crippen LogP contribution in [0, 0.1) is 17.2 Å². The molecule has 0 radical (unpaired) electrons. The average Bonchev–Trinajstić information content (AvgIpc) is 2.99. The fourth-order valence-corrected chi connectivity index (χ4v) is 3.25. The van der Waals surface area contributed by atoms with Crippen molar-refractivity contribution in [3.63, 3.8) is 0 Å². The van der Waals surface area contributed by atoms with Crippen molar-refractivity contribution in [2.45, 2.75) is 31.3 Å². The normalized spacial score (nSPS) is 13.0. The van der Waals surface area contributed by atoms with Gasteiger partial charge >= 0.3 is 0 Å². The Morgan fingerprint density at radius 3 is 2.32 bits per heavy atom. The fourth-order valence-electron chi connectivity index (χ4n) is 1.87. The lowest BCUT2D eigenvalue weighted by Crippen LogP contribution is -2.41. The Balaban J connectivity index is 2.18. The molecule has 8 heteroatoms. The topological polar surface area (TPSA) is 101 Å². The van der Waals surface area contributed by atoms with Crippen LogP contribution in [0.5, 0.6) is 0 Å². The van der Waals surface area contributed by atoms with Crippen LogP contribution in [0.4, 0.5) is 0 Å². The summed E-state index contributed by atoms with van der Waals surface area (Å²) < 4.78 is 27.5. The lowest BCUT2D eigenvalue weighted by Gasteiger charge is -2.21. The van der Waals surface area contributed by atoms with Crippen LogP contribution in [0.15, 0.2) is 41.6 Å². The van der Waals surface area contributed by atoms with Gasteiger partial charge in [0.1, 0.15) is 0 Å². The third-order valence-corrected chi connectivity index (χ3v) is 4.74. The van der Waals surface area contributed by atoms with E-state index in [0.717, 1.165) is 0 Å². The van der Waals surface area contributed by atoms with Crippen LogP contribution in [0.1, 0.15) is 19.4 Å². The molecule has 0 aliphatic rings. The average molecular weight is 319 g/mol. The van der Waals surface area contributed by atoms with Gasteiger partial charge in [-0.2, -0.15) is 20.3 Å². The predicted octanol–water partition coefficient (Wildman–Crippen LogP) is 1.15. The summed E-state index contributed by atoms with van der Waals surface area (Å²) in [6.07, 6.45) is 3.10. The number of nitriles is 1. The third kappa shape index (κ3) is 3.90. The minimum atomic E-state index is -3.66. The van der Waals surface area contributed by atoms with Crippen LogP contribution >= 0.6 is 0 Å². The molecule has 2 rings (SSSR count). The van der Waals surface area contributed by atoms with Crippen molar-refractivity contribution >= 4 is 10.0 Å². The van der Waals surface area contributed by atoms with Crippen molar-refractivity contribution in [2.24, 2.45) is 5.92 Å². The highest BCUT2D eigenvalue weighted by Gasteiger charge is 2.23. The van der Waals surface area contributed by atoms with E-state index in [0.29, 0.717) is 12.1 Å². The second kappa shape index (κ2) is 6.68. The second-order valence-electron chi connectivity index (χ2n) is 5.19. The van der Waals surface area contributed by atoms with Gasteiger partial charge in [-0.05, 0) is 30.2 Å². The molecule has 1 aromatic carbocycles. The highest BCUT2D eigenvalue weighted by molar-refractivity contribution is 7.89. The van der Waals surface area contributed by atoms with Crippen LogP contribution in [0.3, 0.4) is 0 Å². The van der Waals surface area contributed by atoms with Crippen molar-refractivity contribution in [3.8, 4) is 6.07 Å². The number of hydrogen-bond acceptors (Lipinski definition) is 5.